The van der Waals surface area contributed by atoms with Gasteiger partial charge in [-0.15, -0.1) is 0 Å². The molecule has 3 saturated carbocycles. The predicted molar refractivity (Wildman–Crippen MR) is 129 cm³/mol. The highest BCUT2D eigenvalue weighted by molar-refractivity contribution is 5.50. The van der Waals surface area contributed by atoms with E-state index in [4.69, 9.17) is 0 Å². The zero-order chi connectivity index (χ0) is 21.5. The molecule has 0 radical (unpaired) electrons. The Morgan fingerprint density at radius 2 is 1.97 bits per heavy atom. The molecule has 4 bridgehead atoms. The molecule has 6 atom stereocenters. The number of nitrogens with zero attached hydrogens (tertiary/aromatic N) is 2. The number of hydrogen-bond donors (Lipinski definition) is 1. The third kappa shape index (κ3) is 2.62. The first-order valence-electron chi connectivity index (χ1n) is 14.0. The van der Waals surface area contributed by atoms with Gasteiger partial charge in [0.1, 0.15) is 5.75 Å². The lowest BCUT2D eigenvalue weighted by molar-refractivity contribution is -0.105. The van der Waals surface area contributed by atoms with E-state index in [0.29, 0.717) is 16.6 Å². The van der Waals surface area contributed by atoms with Crippen LogP contribution in [0.15, 0.2) is 18.2 Å². The number of phenols is 1. The number of phenolic OH excluding ortho intramolecular Hbond substituents is 1. The predicted octanol–water partition coefficient (Wildman–Crippen LogP) is 5.35. The molecule has 2 heterocycles. The van der Waals surface area contributed by atoms with Crippen LogP contribution in [0.5, 0.6) is 5.75 Å². The fourth-order valence-electron chi connectivity index (χ4n) is 10.1. The van der Waals surface area contributed by atoms with E-state index in [1.165, 1.54) is 96.8 Å². The summed E-state index contributed by atoms with van der Waals surface area (Å²) in [5, 5.41) is 10.6. The minimum absolute atomic E-state index is 0.329. The molecule has 0 amide bonds. The van der Waals surface area contributed by atoms with Gasteiger partial charge in [-0.3, -0.25) is 9.80 Å². The van der Waals surface area contributed by atoms with Crippen molar-refractivity contribution in [2.75, 3.05) is 26.2 Å². The normalized spacial score (nSPS) is 42.2. The molecule has 174 valence electrons. The molecule has 3 nitrogen and oxygen atoms in total. The molecule has 3 heteroatoms. The zero-order valence-electron chi connectivity index (χ0n) is 20.1. The molecule has 5 fully saturated rings. The molecule has 5 unspecified atom stereocenters. The van der Waals surface area contributed by atoms with Crippen LogP contribution in [-0.4, -0.2) is 53.2 Å². The van der Waals surface area contributed by atoms with Crippen LogP contribution in [0.25, 0.3) is 0 Å². The maximum Gasteiger partial charge on any atom is 0.115 e. The first kappa shape index (κ1) is 20.3. The second kappa shape index (κ2) is 7.22. The van der Waals surface area contributed by atoms with E-state index < -0.39 is 0 Å². The number of rotatable bonds is 7. The summed E-state index contributed by atoms with van der Waals surface area (Å²) in [7, 11) is 0. The summed E-state index contributed by atoms with van der Waals surface area (Å²) < 4.78 is 0. The first-order chi connectivity index (χ1) is 15.7. The first-order valence-corrected chi connectivity index (χ1v) is 14.0. The molecule has 1 N–H and O–H groups in total. The van der Waals surface area contributed by atoms with Gasteiger partial charge in [-0.2, -0.15) is 0 Å². The summed E-state index contributed by atoms with van der Waals surface area (Å²) in [6, 6.07) is 8.03. The zero-order valence-corrected chi connectivity index (χ0v) is 20.1. The number of likely N-dealkylation sites (tertiary alicyclic amines) is 2. The van der Waals surface area contributed by atoms with Gasteiger partial charge in [0.05, 0.1) is 0 Å². The van der Waals surface area contributed by atoms with Crippen molar-refractivity contribution in [3.63, 3.8) is 0 Å². The molecular weight excluding hydrogens is 392 g/mol. The second-order valence-corrected chi connectivity index (χ2v) is 12.5. The largest absolute Gasteiger partial charge is 0.508 e. The Morgan fingerprint density at radius 1 is 1.06 bits per heavy atom. The lowest BCUT2D eigenvalue weighted by atomic mass is 9.43. The highest BCUT2D eigenvalue weighted by Gasteiger charge is 2.75. The lowest BCUT2D eigenvalue weighted by Crippen LogP contribution is -2.69. The summed E-state index contributed by atoms with van der Waals surface area (Å²) in [5.41, 5.74) is 3.97. The average molecular weight is 435 g/mol. The number of benzene rings is 1. The summed E-state index contributed by atoms with van der Waals surface area (Å²) >= 11 is 0. The highest BCUT2D eigenvalue weighted by Crippen LogP contribution is 2.75. The van der Waals surface area contributed by atoms with Gasteiger partial charge in [0.2, 0.25) is 0 Å². The number of unbranched alkanes of at least 4 members (excludes halogenated alkanes) is 3. The molecule has 6 aliphatic rings. The molecular formula is C29H42N2O. The van der Waals surface area contributed by atoms with E-state index in [9.17, 15) is 5.11 Å². The van der Waals surface area contributed by atoms with E-state index >= 15 is 0 Å². The number of piperidine rings is 1. The van der Waals surface area contributed by atoms with Crippen LogP contribution >= 0.6 is 0 Å². The Labute approximate surface area is 194 Å². The van der Waals surface area contributed by atoms with E-state index in [1.807, 2.05) is 6.07 Å². The van der Waals surface area contributed by atoms with Gasteiger partial charge in [0.15, 0.2) is 0 Å². The van der Waals surface area contributed by atoms with Crippen molar-refractivity contribution >= 4 is 0 Å². The summed E-state index contributed by atoms with van der Waals surface area (Å²) in [4.78, 5) is 5.90. The minimum Gasteiger partial charge on any atom is -0.508 e. The maximum absolute atomic E-state index is 10.6. The number of aromatic hydroxyl groups is 1. The quantitative estimate of drug-likeness (QED) is 0.586. The third-order valence-electron chi connectivity index (χ3n) is 11.2. The van der Waals surface area contributed by atoms with Crippen LogP contribution in [0.1, 0.15) is 82.3 Å². The second-order valence-electron chi connectivity index (χ2n) is 12.5. The van der Waals surface area contributed by atoms with Crippen LogP contribution < -0.4 is 0 Å². The molecule has 2 saturated heterocycles. The SMILES string of the molecule is CCCCCCN1C[C@H]2CC34CCC1C2C31CCN(CC2CC2)C4Cc2ccc(O)cc21. The molecule has 0 spiro atoms. The van der Waals surface area contributed by atoms with Crippen LogP contribution in [0.2, 0.25) is 0 Å². The topological polar surface area (TPSA) is 26.7 Å². The van der Waals surface area contributed by atoms with E-state index in [-0.39, 0.29) is 0 Å². The molecule has 0 aromatic heterocycles. The van der Waals surface area contributed by atoms with Crippen molar-refractivity contribution in [3.8, 4) is 5.75 Å². The van der Waals surface area contributed by atoms with Crippen LogP contribution in [0, 0.1) is 23.2 Å². The molecule has 7 rings (SSSR count). The van der Waals surface area contributed by atoms with Gasteiger partial charge in [0.25, 0.3) is 0 Å². The Kier molecular flexibility index (Phi) is 4.58. The van der Waals surface area contributed by atoms with Gasteiger partial charge in [0, 0.05) is 30.6 Å². The van der Waals surface area contributed by atoms with E-state index in [0.717, 1.165) is 29.8 Å². The number of hydrogen-bond acceptors (Lipinski definition) is 3. The van der Waals surface area contributed by atoms with Crippen molar-refractivity contribution in [2.24, 2.45) is 23.2 Å². The Balaban J connectivity index is 1.28. The maximum atomic E-state index is 10.6. The smallest absolute Gasteiger partial charge is 0.115 e. The molecule has 32 heavy (non-hydrogen) atoms. The average Bonchev–Trinajstić information content (AvgIpc) is 3.49. The molecule has 2 aliphatic heterocycles. The van der Waals surface area contributed by atoms with Gasteiger partial charge >= 0.3 is 0 Å². The lowest BCUT2D eigenvalue weighted by Gasteiger charge is -2.66. The molecule has 4 aliphatic carbocycles. The Morgan fingerprint density at radius 3 is 2.81 bits per heavy atom. The van der Waals surface area contributed by atoms with Crippen molar-refractivity contribution in [2.45, 2.75) is 95.1 Å². The summed E-state index contributed by atoms with van der Waals surface area (Å²) in [6.07, 6.45) is 15.3. The van der Waals surface area contributed by atoms with E-state index in [2.05, 4.69) is 28.9 Å². The monoisotopic (exact) mass is 434 g/mol. The fourth-order valence-corrected chi connectivity index (χ4v) is 10.1. The summed E-state index contributed by atoms with van der Waals surface area (Å²) in [5.74, 6) is 3.19. The molecule has 1 aromatic carbocycles. The van der Waals surface area contributed by atoms with Gasteiger partial charge in [-0.1, -0.05) is 32.3 Å². The summed E-state index contributed by atoms with van der Waals surface area (Å²) in [6.45, 7) is 7.66. The molecule has 1 aromatic rings. The third-order valence-corrected chi connectivity index (χ3v) is 11.2. The van der Waals surface area contributed by atoms with Crippen molar-refractivity contribution < 1.29 is 5.11 Å². The standard InChI is InChI=1S/C29H42N2O/c1-2-3-4-5-13-30-19-22-17-28-11-10-25(30)27(22)29(28)12-14-31(18-20-6-7-20)26(28)15-21-8-9-23(32)16-24(21)29/h8-9,16,20,22,25-27,32H,2-7,10-15,17-19H2,1H3/t22-,25?,26?,27?,28?,29?/m1/s1. The highest BCUT2D eigenvalue weighted by atomic mass is 16.3. The van der Waals surface area contributed by atoms with E-state index in [1.54, 1.807) is 11.1 Å². The van der Waals surface area contributed by atoms with Gasteiger partial charge < -0.3 is 5.11 Å². The minimum atomic E-state index is 0.329. The number of fused-ring (bicyclic) bond motifs is 1. The van der Waals surface area contributed by atoms with Crippen molar-refractivity contribution in [1.82, 2.24) is 9.80 Å². The Bertz CT molecular complexity index is 895. The van der Waals surface area contributed by atoms with Crippen LogP contribution in [0.4, 0.5) is 0 Å². The Hall–Kier alpha value is -1.06. The van der Waals surface area contributed by atoms with Gasteiger partial charge in [-0.25, -0.2) is 0 Å². The van der Waals surface area contributed by atoms with Crippen molar-refractivity contribution in [1.29, 1.82) is 0 Å². The van der Waals surface area contributed by atoms with Gasteiger partial charge in [-0.05, 0) is 111 Å². The van der Waals surface area contributed by atoms with Crippen LogP contribution in [0.3, 0.4) is 0 Å². The fraction of sp³-hybridized carbons (Fsp3) is 0.793. The van der Waals surface area contributed by atoms with Crippen molar-refractivity contribution in [3.05, 3.63) is 29.3 Å². The van der Waals surface area contributed by atoms with Crippen LogP contribution in [-0.2, 0) is 11.8 Å².